The molecule has 0 aliphatic carbocycles. The average molecular weight is 208 g/mol. The molecule has 0 bridgehead atoms. The maximum Gasteiger partial charge on any atom is 0.306 e. The molecular formula is C8H8N4O3. The molecule has 0 aliphatic rings. The number of hydrogen-bond donors (Lipinski definition) is 3. The molecule has 2 aromatic heterocycles. The molecule has 7 nitrogen and oxygen atoms in total. The molecule has 7 heteroatoms. The van der Waals surface area contributed by atoms with Crippen LogP contribution in [0.4, 0.5) is 0 Å². The number of aliphatic carboxylic acids is 1. The molecule has 2 aromatic rings. The predicted octanol–water partition coefficient (Wildman–Crippen LogP) is -0.139. The van der Waals surface area contributed by atoms with Gasteiger partial charge in [-0.05, 0) is 6.07 Å². The van der Waals surface area contributed by atoms with Gasteiger partial charge in [0.05, 0.1) is 12.5 Å². The Bertz CT molecular complexity index is 495. The highest BCUT2D eigenvalue weighted by Gasteiger charge is 2.13. The third-order valence-corrected chi connectivity index (χ3v) is 1.95. The van der Waals surface area contributed by atoms with Crippen LogP contribution in [0.3, 0.4) is 0 Å². The summed E-state index contributed by atoms with van der Waals surface area (Å²) in [6.45, 7) is 0. The molecule has 78 valence electrons. The fourth-order valence-electron chi connectivity index (χ4n) is 1.22. The van der Waals surface area contributed by atoms with Crippen molar-refractivity contribution in [2.45, 2.75) is 12.5 Å². The van der Waals surface area contributed by atoms with Crippen LogP contribution in [0.1, 0.15) is 18.1 Å². The van der Waals surface area contributed by atoms with Crippen LogP contribution < -0.4 is 0 Å². The van der Waals surface area contributed by atoms with E-state index in [-0.39, 0.29) is 6.42 Å². The van der Waals surface area contributed by atoms with E-state index in [0.717, 1.165) is 0 Å². The number of nitrogens with zero attached hydrogens (tertiary/aromatic N) is 3. The van der Waals surface area contributed by atoms with Crippen molar-refractivity contribution in [2.24, 2.45) is 0 Å². The minimum Gasteiger partial charge on any atom is -0.481 e. The normalized spacial score (nSPS) is 12.9. The Balaban J connectivity index is 2.30. The van der Waals surface area contributed by atoms with Crippen molar-refractivity contribution in [3.05, 3.63) is 17.8 Å². The number of nitrogens with one attached hydrogen (secondary N) is 1. The topological polar surface area (TPSA) is 112 Å². The number of hydrogen-bond acceptors (Lipinski definition) is 5. The van der Waals surface area contributed by atoms with Crippen molar-refractivity contribution in [2.75, 3.05) is 0 Å². The van der Waals surface area contributed by atoms with E-state index in [9.17, 15) is 9.90 Å². The number of carboxylic acids is 1. The zero-order chi connectivity index (χ0) is 10.8. The van der Waals surface area contributed by atoms with Crippen molar-refractivity contribution in [3.8, 4) is 0 Å². The first-order valence-electron chi connectivity index (χ1n) is 4.23. The summed E-state index contributed by atoms with van der Waals surface area (Å²) >= 11 is 0. The van der Waals surface area contributed by atoms with E-state index >= 15 is 0 Å². The van der Waals surface area contributed by atoms with E-state index in [1.54, 1.807) is 6.07 Å². The average Bonchev–Trinajstić information content (AvgIpc) is 2.62. The van der Waals surface area contributed by atoms with E-state index < -0.39 is 12.1 Å². The number of rotatable bonds is 3. The molecule has 1 unspecified atom stereocenters. The van der Waals surface area contributed by atoms with Gasteiger partial charge >= 0.3 is 5.97 Å². The van der Waals surface area contributed by atoms with Crippen molar-refractivity contribution in [1.82, 2.24) is 20.4 Å². The van der Waals surface area contributed by atoms with Gasteiger partial charge in [-0.25, -0.2) is 4.98 Å². The molecule has 0 fully saturated rings. The van der Waals surface area contributed by atoms with Crippen LogP contribution in [-0.4, -0.2) is 36.6 Å². The minimum atomic E-state index is -1.07. The van der Waals surface area contributed by atoms with E-state index in [1.165, 1.54) is 6.20 Å². The summed E-state index contributed by atoms with van der Waals surface area (Å²) in [5.74, 6) is -1.07. The summed E-state index contributed by atoms with van der Waals surface area (Å²) in [6.07, 6.45) is -0.0418. The number of H-pyrrole nitrogens is 1. The van der Waals surface area contributed by atoms with E-state index in [1.807, 2.05) is 0 Å². The fourth-order valence-corrected chi connectivity index (χ4v) is 1.22. The molecule has 0 amide bonds. The Labute approximate surface area is 83.8 Å². The van der Waals surface area contributed by atoms with Gasteiger partial charge in [-0.3, -0.25) is 4.79 Å². The second-order valence-corrected chi connectivity index (χ2v) is 3.05. The largest absolute Gasteiger partial charge is 0.481 e. The Hall–Kier alpha value is -2.02. The molecule has 3 N–H and O–H groups in total. The van der Waals surface area contributed by atoms with Gasteiger partial charge < -0.3 is 10.2 Å². The smallest absolute Gasteiger partial charge is 0.306 e. The molecule has 0 saturated heterocycles. The first-order chi connectivity index (χ1) is 7.16. The minimum absolute atomic E-state index is 0.356. The van der Waals surface area contributed by atoms with Crippen LogP contribution >= 0.6 is 0 Å². The highest BCUT2D eigenvalue weighted by Crippen LogP contribution is 2.17. The molecule has 0 spiro atoms. The number of aliphatic hydroxyl groups is 1. The quantitative estimate of drug-likeness (QED) is 0.647. The van der Waals surface area contributed by atoms with E-state index in [2.05, 4.69) is 20.4 Å². The van der Waals surface area contributed by atoms with Gasteiger partial charge in [-0.15, -0.1) is 5.10 Å². The summed E-state index contributed by atoms with van der Waals surface area (Å²) in [4.78, 5) is 14.3. The van der Waals surface area contributed by atoms with Crippen LogP contribution in [0, 0.1) is 0 Å². The van der Waals surface area contributed by atoms with Crippen LogP contribution in [0.2, 0.25) is 0 Å². The summed E-state index contributed by atoms with van der Waals surface area (Å²) in [7, 11) is 0. The molecule has 15 heavy (non-hydrogen) atoms. The zero-order valence-electron chi connectivity index (χ0n) is 7.58. The standard InChI is InChI=1S/C8H8N4O3/c13-6(2-7(14)15)4-1-5-8(9-3-4)11-12-10-5/h1,3,6,13H,2H2,(H,14,15)(H,9,10,11,12). The second-order valence-electron chi connectivity index (χ2n) is 3.05. The van der Waals surface area contributed by atoms with Crippen molar-refractivity contribution < 1.29 is 15.0 Å². The SMILES string of the molecule is O=C(O)CC(O)c1cnc2n[nH]nc2c1. The molecule has 1 atom stereocenters. The molecular weight excluding hydrogens is 200 g/mol. The van der Waals surface area contributed by atoms with Gasteiger partial charge in [0.1, 0.15) is 5.52 Å². The van der Waals surface area contributed by atoms with Crippen LogP contribution in [0.25, 0.3) is 11.2 Å². The van der Waals surface area contributed by atoms with Crippen LogP contribution in [0.5, 0.6) is 0 Å². The van der Waals surface area contributed by atoms with Crippen LogP contribution in [-0.2, 0) is 4.79 Å². The van der Waals surface area contributed by atoms with Gasteiger partial charge in [0.25, 0.3) is 0 Å². The fraction of sp³-hybridized carbons (Fsp3) is 0.250. The van der Waals surface area contributed by atoms with Gasteiger partial charge in [0.2, 0.25) is 5.65 Å². The van der Waals surface area contributed by atoms with Crippen molar-refractivity contribution in [3.63, 3.8) is 0 Å². The number of pyridine rings is 1. The second kappa shape index (κ2) is 3.62. The van der Waals surface area contributed by atoms with E-state index in [4.69, 9.17) is 5.11 Å². The molecule has 2 rings (SSSR count). The highest BCUT2D eigenvalue weighted by molar-refractivity contribution is 5.70. The third-order valence-electron chi connectivity index (χ3n) is 1.95. The lowest BCUT2D eigenvalue weighted by Gasteiger charge is -2.06. The van der Waals surface area contributed by atoms with Gasteiger partial charge in [-0.2, -0.15) is 10.3 Å². The molecule has 2 heterocycles. The molecule has 0 aliphatic heterocycles. The summed E-state index contributed by atoms with van der Waals surface area (Å²) in [6, 6.07) is 1.56. The Morgan fingerprint density at radius 3 is 3.07 bits per heavy atom. The lowest BCUT2D eigenvalue weighted by atomic mass is 10.1. The van der Waals surface area contributed by atoms with Gasteiger partial charge in [0.15, 0.2) is 0 Å². The van der Waals surface area contributed by atoms with E-state index in [0.29, 0.717) is 16.7 Å². The number of aliphatic hydroxyl groups excluding tert-OH is 1. The summed E-state index contributed by atoms with van der Waals surface area (Å²) in [5, 5.41) is 27.9. The van der Waals surface area contributed by atoms with Gasteiger partial charge in [0, 0.05) is 11.8 Å². The third kappa shape index (κ3) is 1.91. The number of fused-ring (bicyclic) bond motifs is 1. The molecule has 0 saturated carbocycles. The Morgan fingerprint density at radius 2 is 2.33 bits per heavy atom. The zero-order valence-corrected chi connectivity index (χ0v) is 7.58. The van der Waals surface area contributed by atoms with Crippen molar-refractivity contribution >= 4 is 17.1 Å². The number of carbonyl (C=O) groups is 1. The summed E-state index contributed by atoms with van der Waals surface area (Å²) in [5.41, 5.74) is 1.34. The van der Waals surface area contributed by atoms with Crippen LogP contribution in [0.15, 0.2) is 12.3 Å². The number of aromatic nitrogens is 4. The molecule has 0 radical (unpaired) electrons. The predicted molar refractivity (Wildman–Crippen MR) is 48.9 cm³/mol. The van der Waals surface area contributed by atoms with Gasteiger partial charge in [-0.1, -0.05) is 0 Å². The Kier molecular flexibility index (Phi) is 2.30. The monoisotopic (exact) mass is 208 g/mol. The Morgan fingerprint density at radius 1 is 1.53 bits per heavy atom. The highest BCUT2D eigenvalue weighted by atomic mass is 16.4. The maximum atomic E-state index is 10.4. The maximum absolute atomic E-state index is 10.4. The first-order valence-corrected chi connectivity index (χ1v) is 4.23. The number of aromatic amines is 1. The first kappa shape index (κ1) is 9.53. The number of carboxylic acid groups (broad SMARTS) is 1. The lowest BCUT2D eigenvalue weighted by Crippen LogP contribution is -2.05. The molecule has 0 aromatic carbocycles. The summed E-state index contributed by atoms with van der Waals surface area (Å²) < 4.78 is 0. The lowest BCUT2D eigenvalue weighted by molar-refractivity contribution is -0.139. The van der Waals surface area contributed by atoms with Crippen molar-refractivity contribution in [1.29, 1.82) is 0 Å².